The van der Waals surface area contributed by atoms with Crippen LogP contribution in [-0.4, -0.2) is 23.2 Å². The topological polar surface area (TPSA) is 87.6 Å². The van der Waals surface area contributed by atoms with Gasteiger partial charge in [-0.25, -0.2) is 0 Å². The quantitative estimate of drug-likeness (QED) is 0.247. The van der Waals surface area contributed by atoms with Gasteiger partial charge in [0.05, 0.1) is 5.70 Å². The fourth-order valence-corrected chi connectivity index (χ4v) is 1.92. The molecule has 1 rings (SSSR count). The van der Waals surface area contributed by atoms with E-state index in [1.165, 1.54) is 13.8 Å². The molecular formula is C20H23N3O3. The van der Waals surface area contributed by atoms with Gasteiger partial charge >= 0.3 is 0 Å². The number of hydrogen-bond donors (Lipinski definition) is 2. The zero-order valence-corrected chi connectivity index (χ0v) is 15.4. The predicted molar refractivity (Wildman–Crippen MR) is 104 cm³/mol. The van der Waals surface area contributed by atoms with Crippen molar-refractivity contribution in [1.29, 1.82) is 0 Å². The Labute approximate surface area is 153 Å². The van der Waals surface area contributed by atoms with E-state index in [1.807, 2.05) is 26.0 Å². The summed E-state index contributed by atoms with van der Waals surface area (Å²) in [7, 11) is 0. The van der Waals surface area contributed by atoms with Crippen molar-refractivity contribution in [1.82, 2.24) is 5.43 Å². The van der Waals surface area contributed by atoms with Crippen LogP contribution in [0.2, 0.25) is 0 Å². The number of allylic oxidation sites excluding steroid dienone is 4. The number of nitrogens with one attached hydrogen (secondary N) is 2. The second-order valence-corrected chi connectivity index (χ2v) is 5.59. The molecule has 0 aromatic heterocycles. The summed E-state index contributed by atoms with van der Waals surface area (Å²) in [6.45, 7) is 10.1. The number of carbonyl (C=O) groups excluding carboxylic acids is 3. The molecule has 0 atom stereocenters. The smallest absolute Gasteiger partial charge is 0.279 e. The van der Waals surface area contributed by atoms with Crippen LogP contribution >= 0.6 is 0 Å². The number of rotatable bonds is 8. The van der Waals surface area contributed by atoms with Gasteiger partial charge < -0.3 is 5.32 Å². The molecule has 0 radical (unpaired) electrons. The molecule has 0 saturated heterocycles. The molecule has 0 bridgehead atoms. The normalized spacial score (nSPS) is 12.0. The van der Waals surface area contributed by atoms with Crippen molar-refractivity contribution in [2.45, 2.75) is 27.7 Å². The fourth-order valence-electron chi connectivity index (χ4n) is 1.92. The molecule has 6 heteroatoms. The average molecular weight is 353 g/mol. The van der Waals surface area contributed by atoms with Crippen LogP contribution in [0, 0.1) is 6.92 Å². The Morgan fingerprint density at radius 2 is 1.69 bits per heavy atom. The number of anilines is 1. The monoisotopic (exact) mass is 353 g/mol. The molecule has 136 valence electrons. The highest BCUT2D eigenvalue weighted by atomic mass is 16.2. The lowest BCUT2D eigenvalue weighted by Crippen LogP contribution is -2.30. The molecule has 0 fully saturated rings. The number of Topliss-reactive ketones (excluding diaryl/α,β-unsaturated/α-hetero) is 2. The maximum absolute atomic E-state index is 12.3. The van der Waals surface area contributed by atoms with Gasteiger partial charge in [-0.1, -0.05) is 36.4 Å². The SMILES string of the molecule is C=C(N/N=C(/C(C)=O)C(=O)Nc1ccc(C)cc1)/C(=C\C=C/C)C(C)=O. The predicted octanol–water partition coefficient (Wildman–Crippen LogP) is 3.07. The summed E-state index contributed by atoms with van der Waals surface area (Å²) in [5, 5.41) is 6.44. The van der Waals surface area contributed by atoms with Crippen LogP contribution in [-0.2, 0) is 14.4 Å². The van der Waals surface area contributed by atoms with Gasteiger partial charge in [0, 0.05) is 18.2 Å². The number of hydrogen-bond acceptors (Lipinski definition) is 5. The Balaban J connectivity index is 2.96. The third kappa shape index (κ3) is 6.32. The molecule has 1 aromatic carbocycles. The van der Waals surface area contributed by atoms with E-state index in [0.717, 1.165) is 5.56 Å². The summed E-state index contributed by atoms with van der Waals surface area (Å²) >= 11 is 0. The minimum atomic E-state index is -0.650. The first kappa shape index (κ1) is 20.8. The molecule has 6 nitrogen and oxygen atoms in total. The van der Waals surface area contributed by atoms with Crippen LogP contribution < -0.4 is 10.7 Å². The first-order valence-corrected chi connectivity index (χ1v) is 8.02. The van der Waals surface area contributed by atoms with Crippen LogP contribution in [0.15, 0.2) is 65.4 Å². The highest BCUT2D eigenvalue weighted by Crippen LogP contribution is 2.09. The van der Waals surface area contributed by atoms with Crippen molar-refractivity contribution in [2.75, 3.05) is 5.32 Å². The molecule has 2 N–H and O–H groups in total. The minimum absolute atomic E-state index is 0.192. The lowest BCUT2D eigenvalue weighted by Gasteiger charge is -2.09. The third-order valence-corrected chi connectivity index (χ3v) is 3.32. The van der Waals surface area contributed by atoms with E-state index < -0.39 is 11.7 Å². The van der Waals surface area contributed by atoms with Gasteiger partial charge in [0.1, 0.15) is 0 Å². The summed E-state index contributed by atoms with van der Waals surface area (Å²) in [5.41, 5.74) is 4.29. The van der Waals surface area contributed by atoms with Gasteiger partial charge in [-0.2, -0.15) is 5.10 Å². The van der Waals surface area contributed by atoms with Crippen molar-refractivity contribution >= 4 is 28.9 Å². The van der Waals surface area contributed by atoms with E-state index in [4.69, 9.17) is 0 Å². The van der Waals surface area contributed by atoms with Crippen LogP contribution in [0.25, 0.3) is 0 Å². The van der Waals surface area contributed by atoms with E-state index in [2.05, 4.69) is 22.4 Å². The van der Waals surface area contributed by atoms with Gasteiger partial charge in [0.25, 0.3) is 5.91 Å². The van der Waals surface area contributed by atoms with Crippen molar-refractivity contribution in [3.63, 3.8) is 0 Å². The number of carbonyl (C=O) groups is 3. The average Bonchev–Trinajstić information content (AvgIpc) is 2.56. The first-order valence-electron chi connectivity index (χ1n) is 8.02. The number of hydrazone groups is 1. The molecule has 0 unspecified atom stereocenters. The number of nitrogens with zero attached hydrogens (tertiary/aromatic N) is 1. The van der Waals surface area contributed by atoms with E-state index in [1.54, 1.807) is 30.4 Å². The summed E-state index contributed by atoms with van der Waals surface area (Å²) in [6.07, 6.45) is 5.02. The van der Waals surface area contributed by atoms with Gasteiger partial charge in [0.15, 0.2) is 17.3 Å². The molecule has 26 heavy (non-hydrogen) atoms. The van der Waals surface area contributed by atoms with E-state index >= 15 is 0 Å². The maximum atomic E-state index is 12.3. The fraction of sp³-hybridized carbons (Fsp3) is 0.200. The van der Waals surface area contributed by atoms with Crippen molar-refractivity contribution in [3.05, 3.63) is 65.9 Å². The van der Waals surface area contributed by atoms with Crippen molar-refractivity contribution in [2.24, 2.45) is 5.10 Å². The largest absolute Gasteiger partial charge is 0.320 e. The van der Waals surface area contributed by atoms with Crippen LogP contribution in [0.1, 0.15) is 26.3 Å². The summed E-state index contributed by atoms with van der Waals surface area (Å²) < 4.78 is 0. The second kappa shape index (κ2) is 9.88. The minimum Gasteiger partial charge on any atom is -0.320 e. The maximum Gasteiger partial charge on any atom is 0.279 e. The Hall–Kier alpha value is -3.28. The molecule has 0 aliphatic rings. The van der Waals surface area contributed by atoms with Gasteiger partial charge in [-0.15, -0.1) is 0 Å². The van der Waals surface area contributed by atoms with Crippen LogP contribution in [0.4, 0.5) is 5.69 Å². The lowest BCUT2D eigenvalue weighted by molar-refractivity contribution is -0.115. The molecular weight excluding hydrogens is 330 g/mol. The Morgan fingerprint density at radius 1 is 1.08 bits per heavy atom. The highest BCUT2D eigenvalue weighted by molar-refractivity contribution is 6.67. The number of amides is 1. The van der Waals surface area contributed by atoms with Crippen LogP contribution in [0.5, 0.6) is 0 Å². The zero-order valence-electron chi connectivity index (χ0n) is 15.4. The van der Waals surface area contributed by atoms with Crippen molar-refractivity contribution in [3.8, 4) is 0 Å². The molecule has 0 heterocycles. The Kier molecular flexibility index (Phi) is 7.89. The molecule has 0 saturated carbocycles. The van der Waals surface area contributed by atoms with Crippen molar-refractivity contribution < 1.29 is 14.4 Å². The molecule has 1 amide bonds. The molecule has 0 aliphatic heterocycles. The molecule has 0 aliphatic carbocycles. The highest BCUT2D eigenvalue weighted by Gasteiger charge is 2.18. The number of ketones is 2. The van der Waals surface area contributed by atoms with E-state index in [9.17, 15) is 14.4 Å². The van der Waals surface area contributed by atoms with Gasteiger partial charge in [-0.3, -0.25) is 19.8 Å². The lowest BCUT2D eigenvalue weighted by atomic mass is 10.1. The summed E-state index contributed by atoms with van der Waals surface area (Å²) in [6, 6.07) is 7.13. The second-order valence-electron chi connectivity index (χ2n) is 5.59. The van der Waals surface area contributed by atoms with Gasteiger partial charge in [0.2, 0.25) is 0 Å². The molecule has 0 spiro atoms. The third-order valence-electron chi connectivity index (χ3n) is 3.32. The number of benzene rings is 1. The summed E-state index contributed by atoms with van der Waals surface area (Å²) in [4.78, 5) is 35.7. The standard InChI is InChI=1S/C20H23N3O3/c1-6-7-8-18(15(4)24)14(3)22-23-19(16(5)25)20(26)21-17-11-9-13(2)10-12-17/h6-12,22H,3H2,1-2,4-5H3,(H,21,26)/b7-6-,18-8+,23-19-. The van der Waals surface area contributed by atoms with Crippen LogP contribution in [0.3, 0.4) is 0 Å². The van der Waals surface area contributed by atoms with E-state index in [0.29, 0.717) is 11.3 Å². The molecule has 1 aromatic rings. The van der Waals surface area contributed by atoms with E-state index in [-0.39, 0.29) is 17.2 Å². The number of aryl methyl sites for hydroxylation is 1. The summed E-state index contributed by atoms with van der Waals surface area (Å²) in [5.74, 6) is -1.38. The Bertz CT molecular complexity index is 800. The Morgan fingerprint density at radius 3 is 2.19 bits per heavy atom. The zero-order chi connectivity index (χ0) is 19.7. The van der Waals surface area contributed by atoms with Gasteiger partial charge in [-0.05, 0) is 39.0 Å². The first-order chi connectivity index (χ1) is 12.3.